The molecule has 0 spiro atoms. The van der Waals surface area contributed by atoms with Gasteiger partial charge in [0.05, 0.1) is 10.0 Å². The summed E-state index contributed by atoms with van der Waals surface area (Å²) in [6.07, 6.45) is 0. The number of benzene rings is 1. The Morgan fingerprint density at radius 2 is 1.87 bits per heavy atom. The van der Waals surface area contributed by atoms with Gasteiger partial charge in [0.15, 0.2) is 0 Å². The third-order valence-corrected chi connectivity index (χ3v) is 2.37. The Balaban J connectivity index is 0.000000921. The fourth-order valence-electron chi connectivity index (χ4n) is 0.984. The van der Waals surface area contributed by atoms with Crippen LogP contribution in [0.15, 0.2) is 18.2 Å². The lowest BCUT2D eigenvalue weighted by atomic mass is 10.2. The molecule has 0 aliphatic heterocycles. The first-order valence-electron chi connectivity index (χ1n) is 5.08. The SMILES string of the molecule is CC.NCCNCc1ccc(Cl)c(Cl)c1. The summed E-state index contributed by atoms with van der Waals surface area (Å²) >= 11 is 11.6. The summed E-state index contributed by atoms with van der Waals surface area (Å²) in [6, 6.07) is 5.59. The van der Waals surface area contributed by atoms with Crippen LogP contribution in [0.25, 0.3) is 0 Å². The molecule has 0 radical (unpaired) electrons. The van der Waals surface area contributed by atoms with Gasteiger partial charge in [-0.2, -0.15) is 0 Å². The maximum atomic E-state index is 5.84. The summed E-state index contributed by atoms with van der Waals surface area (Å²) in [5.74, 6) is 0. The van der Waals surface area contributed by atoms with Gasteiger partial charge in [-0.25, -0.2) is 0 Å². The summed E-state index contributed by atoms with van der Waals surface area (Å²) in [4.78, 5) is 0. The molecule has 2 nitrogen and oxygen atoms in total. The Hall–Kier alpha value is -0.280. The summed E-state index contributed by atoms with van der Waals surface area (Å²) in [6.45, 7) is 6.22. The highest BCUT2D eigenvalue weighted by molar-refractivity contribution is 6.42. The summed E-state index contributed by atoms with van der Waals surface area (Å²) < 4.78 is 0. The van der Waals surface area contributed by atoms with Gasteiger partial charge in [-0.1, -0.05) is 43.1 Å². The lowest BCUT2D eigenvalue weighted by Gasteiger charge is -2.04. The van der Waals surface area contributed by atoms with Crippen molar-refractivity contribution in [3.63, 3.8) is 0 Å². The highest BCUT2D eigenvalue weighted by atomic mass is 35.5. The van der Waals surface area contributed by atoms with Gasteiger partial charge in [-0.05, 0) is 17.7 Å². The van der Waals surface area contributed by atoms with Crippen LogP contribution in [0.3, 0.4) is 0 Å². The van der Waals surface area contributed by atoms with E-state index in [1.54, 1.807) is 6.07 Å². The minimum absolute atomic E-state index is 0.587. The molecule has 0 saturated heterocycles. The van der Waals surface area contributed by atoms with E-state index in [-0.39, 0.29) is 0 Å². The van der Waals surface area contributed by atoms with Gasteiger partial charge in [-0.15, -0.1) is 0 Å². The molecule has 0 atom stereocenters. The van der Waals surface area contributed by atoms with Gasteiger partial charge in [0.25, 0.3) is 0 Å². The minimum atomic E-state index is 0.587. The van der Waals surface area contributed by atoms with E-state index in [1.165, 1.54) is 0 Å². The molecule has 0 aliphatic carbocycles. The molecule has 0 aliphatic rings. The predicted octanol–water partition coefficient (Wildman–Crippen LogP) is 3.07. The predicted molar refractivity (Wildman–Crippen MR) is 68.6 cm³/mol. The summed E-state index contributed by atoms with van der Waals surface area (Å²) in [7, 11) is 0. The van der Waals surface area contributed by atoms with Crippen molar-refractivity contribution in [3.8, 4) is 0 Å². The van der Waals surface area contributed by atoms with Gasteiger partial charge in [0, 0.05) is 19.6 Å². The van der Waals surface area contributed by atoms with Crippen LogP contribution in [0.4, 0.5) is 0 Å². The Labute approximate surface area is 102 Å². The van der Waals surface area contributed by atoms with Crippen molar-refractivity contribution in [2.45, 2.75) is 20.4 Å². The van der Waals surface area contributed by atoms with Crippen LogP contribution in [-0.4, -0.2) is 13.1 Å². The third-order valence-electron chi connectivity index (χ3n) is 1.63. The molecule has 86 valence electrons. The largest absolute Gasteiger partial charge is 0.329 e. The van der Waals surface area contributed by atoms with E-state index in [0.717, 1.165) is 18.7 Å². The van der Waals surface area contributed by atoms with Crippen molar-refractivity contribution in [2.24, 2.45) is 5.73 Å². The highest BCUT2D eigenvalue weighted by Gasteiger charge is 1.98. The van der Waals surface area contributed by atoms with Crippen molar-refractivity contribution >= 4 is 23.2 Å². The molecule has 4 heteroatoms. The number of nitrogens with two attached hydrogens (primary N) is 1. The van der Waals surface area contributed by atoms with Crippen LogP contribution in [0.1, 0.15) is 19.4 Å². The molecule has 0 fully saturated rings. The number of hydrogen-bond donors (Lipinski definition) is 2. The molecule has 0 bridgehead atoms. The summed E-state index contributed by atoms with van der Waals surface area (Å²) in [5.41, 5.74) is 6.45. The molecule has 1 aromatic carbocycles. The van der Waals surface area contributed by atoms with Crippen LogP contribution < -0.4 is 11.1 Å². The maximum absolute atomic E-state index is 5.84. The first-order valence-corrected chi connectivity index (χ1v) is 5.84. The Morgan fingerprint density at radius 1 is 1.20 bits per heavy atom. The van der Waals surface area contributed by atoms with Crippen molar-refractivity contribution in [1.82, 2.24) is 5.32 Å². The average Bonchev–Trinajstić information content (AvgIpc) is 2.27. The van der Waals surface area contributed by atoms with Crippen molar-refractivity contribution < 1.29 is 0 Å². The van der Waals surface area contributed by atoms with Gasteiger partial charge < -0.3 is 11.1 Å². The first-order chi connectivity index (χ1) is 7.24. The van der Waals surface area contributed by atoms with Crippen LogP contribution in [0, 0.1) is 0 Å². The van der Waals surface area contributed by atoms with Gasteiger partial charge in [0.2, 0.25) is 0 Å². The number of hydrogen-bond acceptors (Lipinski definition) is 2. The number of halogens is 2. The fourth-order valence-corrected chi connectivity index (χ4v) is 1.31. The van der Waals surface area contributed by atoms with Gasteiger partial charge in [0.1, 0.15) is 0 Å². The van der Waals surface area contributed by atoms with Crippen LogP contribution in [-0.2, 0) is 6.54 Å². The van der Waals surface area contributed by atoms with Gasteiger partial charge >= 0.3 is 0 Å². The Kier molecular flexibility index (Phi) is 8.82. The van der Waals surface area contributed by atoms with E-state index in [0.29, 0.717) is 16.6 Å². The topological polar surface area (TPSA) is 38.0 Å². The van der Waals surface area contributed by atoms with E-state index in [4.69, 9.17) is 28.9 Å². The van der Waals surface area contributed by atoms with Crippen LogP contribution in [0.2, 0.25) is 10.0 Å². The van der Waals surface area contributed by atoms with Crippen molar-refractivity contribution in [3.05, 3.63) is 33.8 Å². The molecule has 15 heavy (non-hydrogen) atoms. The maximum Gasteiger partial charge on any atom is 0.0595 e. The fraction of sp³-hybridized carbons (Fsp3) is 0.455. The minimum Gasteiger partial charge on any atom is -0.329 e. The number of nitrogens with one attached hydrogen (secondary N) is 1. The molecule has 0 aromatic heterocycles. The van der Waals surface area contributed by atoms with E-state index in [9.17, 15) is 0 Å². The second kappa shape index (κ2) is 8.98. The average molecular weight is 249 g/mol. The zero-order valence-corrected chi connectivity index (χ0v) is 10.7. The number of rotatable bonds is 4. The quantitative estimate of drug-likeness (QED) is 0.805. The third kappa shape index (κ3) is 6.00. The Bertz CT molecular complexity index is 277. The highest BCUT2D eigenvalue weighted by Crippen LogP contribution is 2.22. The monoisotopic (exact) mass is 248 g/mol. The van der Waals surface area contributed by atoms with Crippen LogP contribution >= 0.6 is 23.2 Å². The molecular formula is C11H18Cl2N2. The lowest BCUT2D eigenvalue weighted by molar-refractivity contribution is 0.695. The standard InChI is InChI=1S/C9H12Cl2N2.C2H6/c10-8-2-1-7(5-9(8)11)6-13-4-3-12;1-2/h1-2,5,13H,3-4,6,12H2;1-2H3. The molecule has 0 saturated carbocycles. The van der Waals surface area contributed by atoms with Crippen molar-refractivity contribution in [2.75, 3.05) is 13.1 Å². The van der Waals surface area contributed by atoms with E-state index < -0.39 is 0 Å². The lowest BCUT2D eigenvalue weighted by Crippen LogP contribution is -2.21. The molecule has 3 N–H and O–H groups in total. The molecule has 1 aromatic rings. The van der Waals surface area contributed by atoms with E-state index in [1.807, 2.05) is 26.0 Å². The molecule has 1 rings (SSSR count). The molecular weight excluding hydrogens is 231 g/mol. The first kappa shape index (κ1) is 14.7. The van der Waals surface area contributed by atoms with E-state index in [2.05, 4.69) is 5.32 Å². The van der Waals surface area contributed by atoms with Gasteiger partial charge in [-0.3, -0.25) is 0 Å². The molecule has 0 unspecified atom stereocenters. The Morgan fingerprint density at radius 3 is 2.40 bits per heavy atom. The molecule has 0 amide bonds. The second-order valence-corrected chi connectivity index (χ2v) is 3.53. The zero-order chi connectivity index (χ0) is 11.7. The smallest absolute Gasteiger partial charge is 0.0595 e. The van der Waals surface area contributed by atoms with Crippen molar-refractivity contribution in [1.29, 1.82) is 0 Å². The summed E-state index contributed by atoms with van der Waals surface area (Å²) in [5, 5.41) is 4.35. The molecule has 0 heterocycles. The second-order valence-electron chi connectivity index (χ2n) is 2.71. The zero-order valence-electron chi connectivity index (χ0n) is 9.19. The van der Waals surface area contributed by atoms with E-state index >= 15 is 0 Å². The van der Waals surface area contributed by atoms with Crippen LogP contribution in [0.5, 0.6) is 0 Å². The normalized spacial score (nSPS) is 9.40.